The first kappa shape index (κ1) is 18.0. The molecule has 1 fully saturated rings. The number of halogens is 1. The van der Waals surface area contributed by atoms with Crippen LogP contribution in [0.25, 0.3) is 0 Å². The number of aliphatic imine (C=N–C) groups is 1. The number of imide groups is 1. The molecule has 1 aromatic heterocycles. The van der Waals surface area contributed by atoms with E-state index in [2.05, 4.69) is 10.1 Å². The highest BCUT2D eigenvalue weighted by Crippen LogP contribution is 2.22. The van der Waals surface area contributed by atoms with Gasteiger partial charge in [0.15, 0.2) is 0 Å². The Bertz CT molecular complexity index is 1070. The molecule has 2 aliphatic rings. The summed E-state index contributed by atoms with van der Waals surface area (Å²) in [4.78, 5) is 32.3. The van der Waals surface area contributed by atoms with Crippen molar-refractivity contribution in [3.8, 4) is 0 Å². The Kier molecular flexibility index (Phi) is 4.10. The van der Waals surface area contributed by atoms with Gasteiger partial charge in [-0.25, -0.2) is 13.8 Å². The molecule has 0 saturated carbocycles. The summed E-state index contributed by atoms with van der Waals surface area (Å²) in [5.74, 6) is -0.0800. The average Bonchev–Trinajstić information content (AvgIpc) is 3.19. The summed E-state index contributed by atoms with van der Waals surface area (Å²) in [6.07, 6.45) is 0. The Morgan fingerprint density at radius 2 is 1.86 bits per heavy atom. The Hall–Kier alpha value is -3.36. The number of aryl methyl sites for hydroxylation is 2. The number of urea groups is 1. The topological polar surface area (TPSA) is 73.8 Å². The molecule has 28 heavy (non-hydrogen) atoms. The predicted octanol–water partition coefficient (Wildman–Crippen LogP) is 1.36. The zero-order valence-electron chi connectivity index (χ0n) is 16.0. The first-order valence-corrected chi connectivity index (χ1v) is 8.84. The van der Waals surface area contributed by atoms with E-state index in [9.17, 15) is 14.0 Å². The van der Waals surface area contributed by atoms with Crippen molar-refractivity contribution < 1.29 is 18.6 Å². The molecule has 1 atom stereocenters. The molecule has 2 aliphatic heterocycles. The summed E-state index contributed by atoms with van der Waals surface area (Å²) in [7, 11) is 3.00. The molecule has 9 heteroatoms. The van der Waals surface area contributed by atoms with Gasteiger partial charge in [0.2, 0.25) is 11.9 Å². The zero-order valence-corrected chi connectivity index (χ0v) is 16.0. The van der Waals surface area contributed by atoms with E-state index in [1.165, 1.54) is 18.0 Å². The number of aromatic nitrogens is 2. The lowest BCUT2D eigenvalue weighted by molar-refractivity contribution is -0.553. The van der Waals surface area contributed by atoms with E-state index < -0.39 is 18.0 Å². The van der Waals surface area contributed by atoms with Crippen LogP contribution in [0.4, 0.5) is 9.18 Å². The molecular weight excluding hydrogens is 363 g/mol. The van der Waals surface area contributed by atoms with E-state index in [0.29, 0.717) is 17.4 Å². The molecule has 0 aliphatic carbocycles. The van der Waals surface area contributed by atoms with E-state index in [-0.39, 0.29) is 12.4 Å². The molecular formula is C19H20FN6O2+. The van der Waals surface area contributed by atoms with E-state index >= 15 is 0 Å². The highest BCUT2D eigenvalue weighted by molar-refractivity contribution is 6.22. The molecule has 4 rings (SSSR count). The highest BCUT2D eigenvalue weighted by atomic mass is 19.1. The Labute approximate surface area is 161 Å². The van der Waals surface area contributed by atoms with E-state index in [1.807, 2.05) is 19.9 Å². The molecule has 0 bridgehead atoms. The first-order valence-electron chi connectivity index (χ1n) is 8.84. The lowest BCUT2D eigenvalue weighted by atomic mass is 10.1. The number of rotatable bonds is 2. The minimum atomic E-state index is -0.828. The van der Waals surface area contributed by atoms with Gasteiger partial charge < -0.3 is 0 Å². The van der Waals surface area contributed by atoms with Gasteiger partial charge in [-0.1, -0.05) is 23.2 Å². The molecule has 3 amide bonds. The van der Waals surface area contributed by atoms with Crippen LogP contribution in [0.15, 0.2) is 35.3 Å². The summed E-state index contributed by atoms with van der Waals surface area (Å²) in [5.41, 5.74) is 2.04. The quantitative estimate of drug-likeness (QED) is 0.735. The largest absolute Gasteiger partial charge is 0.421 e. The number of nitrogens with zero attached hydrogens (tertiary/aromatic N) is 6. The van der Waals surface area contributed by atoms with Gasteiger partial charge >= 0.3 is 12.0 Å². The van der Waals surface area contributed by atoms with Gasteiger partial charge in [-0.15, -0.1) is 9.78 Å². The Morgan fingerprint density at radius 3 is 2.50 bits per heavy atom. The van der Waals surface area contributed by atoms with Crippen LogP contribution >= 0.6 is 0 Å². The smallest absolute Gasteiger partial charge is 0.270 e. The van der Waals surface area contributed by atoms with Crippen LogP contribution in [-0.2, 0) is 11.3 Å². The van der Waals surface area contributed by atoms with Crippen molar-refractivity contribution in [2.45, 2.75) is 26.4 Å². The molecule has 144 valence electrons. The molecule has 1 saturated heterocycles. The Morgan fingerprint density at radius 1 is 1.14 bits per heavy atom. The van der Waals surface area contributed by atoms with E-state index in [4.69, 9.17) is 0 Å². The second kappa shape index (κ2) is 6.36. The number of benzene rings is 1. The number of amidine groups is 1. The third kappa shape index (κ3) is 2.62. The van der Waals surface area contributed by atoms with Crippen LogP contribution in [0.1, 0.15) is 17.0 Å². The van der Waals surface area contributed by atoms with Crippen LogP contribution in [0, 0.1) is 19.7 Å². The summed E-state index contributed by atoms with van der Waals surface area (Å²) in [6, 6.07) is 7.00. The van der Waals surface area contributed by atoms with Crippen molar-refractivity contribution in [2.24, 2.45) is 4.99 Å². The summed E-state index contributed by atoms with van der Waals surface area (Å²) in [5, 5.41) is 4.46. The minimum absolute atomic E-state index is 0.111. The maximum absolute atomic E-state index is 14.3. The number of fused-ring (bicyclic) bond motifs is 1. The number of amides is 3. The summed E-state index contributed by atoms with van der Waals surface area (Å²) in [6.45, 7) is 3.84. The fourth-order valence-electron chi connectivity index (χ4n) is 3.56. The molecule has 1 unspecified atom stereocenters. The van der Waals surface area contributed by atoms with Crippen LogP contribution in [-0.4, -0.2) is 68.0 Å². The lowest BCUT2D eigenvalue weighted by Crippen LogP contribution is -2.61. The Balaban J connectivity index is 1.90. The molecule has 0 radical (unpaired) electrons. The van der Waals surface area contributed by atoms with Crippen LogP contribution in [0.3, 0.4) is 0 Å². The van der Waals surface area contributed by atoms with Crippen molar-refractivity contribution in [1.82, 2.24) is 19.6 Å². The molecule has 8 nitrogen and oxygen atoms in total. The van der Waals surface area contributed by atoms with Gasteiger partial charge in [-0.05, 0) is 26.0 Å². The molecule has 3 heterocycles. The molecule has 1 aromatic carbocycles. The molecule has 0 N–H and O–H groups in total. The van der Waals surface area contributed by atoms with Crippen molar-refractivity contribution in [3.63, 3.8) is 0 Å². The molecule has 2 aromatic rings. The van der Waals surface area contributed by atoms with Gasteiger partial charge in [-0.3, -0.25) is 14.6 Å². The number of hydrogen-bond acceptors (Lipinski definition) is 4. The van der Waals surface area contributed by atoms with E-state index in [1.54, 1.807) is 34.5 Å². The zero-order chi connectivity index (χ0) is 20.2. The standard InChI is InChI=1S/C19H20FN6O2/c1-11-9-12(2)26(22-11)18-21-16-15(17(27)24(4)19(28)23(16)3)25(18)10-13-7-5-6-8-14(13)20/h5-9,15H,10H2,1-4H3/q+1. The summed E-state index contributed by atoms with van der Waals surface area (Å²) < 4.78 is 17.6. The summed E-state index contributed by atoms with van der Waals surface area (Å²) >= 11 is 0. The predicted molar refractivity (Wildman–Crippen MR) is 99.6 cm³/mol. The highest BCUT2D eigenvalue weighted by Gasteiger charge is 2.52. The van der Waals surface area contributed by atoms with Gasteiger partial charge in [-0.2, -0.15) is 0 Å². The van der Waals surface area contributed by atoms with Gasteiger partial charge in [0.05, 0.1) is 12.2 Å². The molecule has 0 spiro atoms. The van der Waals surface area contributed by atoms with Crippen LogP contribution < -0.4 is 0 Å². The third-order valence-electron chi connectivity index (χ3n) is 5.01. The van der Waals surface area contributed by atoms with E-state index in [0.717, 1.165) is 16.3 Å². The normalized spacial score (nSPS) is 19.5. The second-order valence-corrected chi connectivity index (χ2v) is 6.97. The minimum Gasteiger partial charge on any atom is -0.270 e. The fraction of sp³-hybridized carbons (Fsp3) is 0.316. The van der Waals surface area contributed by atoms with Crippen LogP contribution in [0.2, 0.25) is 0 Å². The maximum atomic E-state index is 14.3. The number of carbonyl (C=O) groups excluding carboxylic acids is 2. The third-order valence-corrected chi connectivity index (χ3v) is 5.01. The number of likely N-dealkylation sites (N-methyl/N-ethyl adjacent to an activating group) is 2. The first-order chi connectivity index (χ1) is 13.3. The average molecular weight is 383 g/mol. The monoisotopic (exact) mass is 383 g/mol. The van der Waals surface area contributed by atoms with Gasteiger partial charge in [0.1, 0.15) is 11.5 Å². The van der Waals surface area contributed by atoms with Crippen molar-refractivity contribution in [1.29, 1.82) is 0 Å². The van der Waals surface area contributed by atoms with Crippen molar-refractivity contribution in [3.05, 3.63) is 53.1 Å². The van der Waals surface area contributed by atoms with Gasteiger partial charge in [0.25, 0.3) is 5.91 Å². The van der Waals surface area contributed by atoms with Crippen molar-refractivity contribution >= 4 is 23.7 Å². The van der Waals surface area contributed by atoms with Crippen molar-refractivity contribution in [2.75, 3.05) is 14.1 Å². The number of hydrogen-bond donors (Lipinski definition) is 0. The van der Waals surface area contributed by atoms with Crippen LogP contribution in [0.5, 0.6) is 0 Å². The SMILES string of the molecule is Cc1cc(C)n(C2=[N+](Cc3ccccc3F)C3C(=O)N(C)C(=O)N(C)C3=N2)n1. The fourth-order valence-corrected chi connectivity index (χ4v) is 3.56. The second-order valence-electron chi connectivity index (χ2n) is 6.97. The van der Waals surface area contributed by atoms with Gasteiger partial charge in [0, 0.05) is 19.7 Å². The maximum Gasteiger partial charge on any atom is 0.421 e. The number of carbonyl (C=O) groups is 2. The lowest BCUT2D eigenvalue weighted by Gasteiger charge is -2.31.